The molecule has 1 saturated heterocycles. The van der Waals surface area contributed by atoms with E-state index < -0.39 is 0 Å². The summed E-state index contributed by atoms with van der Waals surface area (Å²) >= 11 is 0. The fraction of sp³-hybridized carbons (Fsp3) is 0.471. The Bertz CT molecular complexity index is 618. The molecule has 3 rings (SSSR count). The number of hydrogen-bond acceptors (Lipinski definition) is 4. The van der Waals surface area contributed by atoms with E-state index in [2.05, 4.69) is 32.0 Å². The van der Waals surface area contributed by atoms with Crippen molar-refractivity contribution in [3.05, 3.63) is 52.9 Å². The van der Waals surface area contributed by atoms with Crippen molar-refractivity contribution >= 4 is 0 Å². The zero-order valence-corrected chi connectivity index (χ0v) is 13.0. The van der Waals surface area contributed by atoms with E-state index in [0.717, 1.165) is 54.7 Å². The van der Waals surface area contributed by atoms with E-state index in [4.69, 9.17) is 0 Å². The molecule has 0 aliphatic carbocycles. The van der Waals surface area contributed by atoms with E-state index in [0.29, 0.717) is 5.92 Å². The van der Waals surface area contributed by atoms with Crippen molar-refractivity contribution in [3.8, 4) is 0 Å². The number of hydrogen-bond donors (Lipinski definition) is 0. The summed E-state index contributed by atoms with van der Waals surface area (Å²) < 4.78 is 0. The second-order valence-corrected chi connectivity index (χ2v) is 6.00. The first-order chi connectivity index (χ1) is 10.1. The lowest BCUT2D eigenvalue weighted by Crippen LogP contribution is -2.21. The lowest BCUT2D eigenvalue weighted by atomic mass is 10.1. The van der Waals surface area contributed by atoms with Crippen molar-refractivity contribution in [2.45, 2.75) is 39.7 Å². The van der Waals surface area contributed by atoms with Crippen molar-refractivity contribution in [2.75, 3.05) is 13.1 Å². The van der Waals surface area contributed by atoms with E-state index in [1.807, 2.05) is 32.9 Å². The fourth-order valence-corrected chi connectivity index (χ4v) is 3.04. The van der Waals surface area contributed by atoms with Gasteiger partial charge in [0.1, 0.15) is 5.82 Å². The van der Waals surface area contributed by atoms with Gasteiger partial charge in [0.2, 0.25) is 0 Å². The van der Waals surface area contributed by atoms with Crippen LogP contribution < -0.4 is 0 Å². The third kappa shape index (κ3) is 3.45. The van der Waals surface area contributed by atoms with E-state index >= 15 is 0 Å². The van der Waals surface area contributed by atoms with Gasteiger partial charge in [0, 0.05) is 36.1 Å². The zero-order chi connectivity index (χ0) is 14.8. The molecule has 4 heteroatoms. The second-order valence-electron chi connectivity index (χ2n) is 6.00. The maximum Gasteiger partial charge on any atom is 0.133 e. The standard InChI is InChI=1S/C17H22N4/c1-12-5-4-6-16(18-12)11-21-8-7-15(10-21)17-19-13(2)9-14(3)20-17/h4-6,9,15H,7-8,10-11H2,1-3H3/t15-/m1/s1. The van der Waals surface area contributed by atoms with Crippen LogP contribution in [-0.4, -0.2) is 32.9 Å². The molecule has 0 unspecified atom stereocenters. The third-order valence-corrected chi connectivity index (χ3v) is 3.97. The molecular weight excluding hydrogens is 260 g/mol. The Labute approximate surface area is 126 Å². The molecule has 0 amide bonds. The highest BCUT2D eigenvalue weighted by atomic mass is 15.2. The molecule has 2 aromatic heterocycles. The second kappa shape index (κ2) is 5.90. The molecule has 1 atom stereocenters. The normalized spacial score (nSPS) is 19.1. The minimum absolute atomic E-state index is 0.452. The van der Waals surface area contributed by atoms with Crippen LogP contribution in [-0.2, 0) is 6.54 Å². The number of aryl methyl sites for hydroxylation is 3. The minimum Gasteiger partial charge on any atom is -0.297 e. The van der Waals surface area contributed by atoms with Gasteiger partial charge in [-0.15, -0.1) is 0 Å². The Morgan fingerprint density at radius 3 is 2.52 bits per heavy atom. The molecule has 1 aliphatic heterocycles. The van der Waals surface area contributed by atoms with E-state index in [1.165, 1.54) is 0 Å². The fourth-order valence-electron chi connectivity index (χ4n) is 3.04. The molecule has 110 valence electrons. The van der Waals surface area contributed by atoms with Crippen LogP contribution in [0.5, 0.6) is 0 Å². The lowest BCUT2D eigenvalue weighted by molar-refractivity contribution is 0.321. The summed E-state index contributed by atoms with van der Waals surface area (Å²) in [6.45, 7) is 9.17. The first-order valence-electron chi connectivity index (χ1n) is 7.57. The number of rotatable bonds is 3. The Hall–Kier alpha value is -1.81. The van der Waals surface area contributed by atoms with Crippen molar-refractivity contribution in [1.29, 1.82) is 0 Å². The van der Waals surface area contributed by atoms with Gasteiger partial charge in [-0.3, -0.25) is 9.88 Å². The van der Waals surface area contributed by atoms with Gasteiger partial charge in [-0.25, -0.2) is 9.97 Å². The average Bonchev–Trinajstić information content (AvgIpc) is 2.86. The van der Waals surface area contributed by atoms with E-state index in [9.17, 15) is 0 Å². The summed E-state index contributed by atoms with van der Waals surface area (Å²) in [5.41, 5.74) is 4.37. The molecule has 0 radical (unpaired) electrons. The van der Waals surface area contributed by atoms with E-state index in [-0.39, 0.29) is 0 Å². The van der Waals surface area contributed by atoms with Gasteiger partial charge in [0.05, 0.1) is 5.69 Å². The molecule has 21 heavy (non-hydrogen) atoms. The van der Waals surface area contributed by atoms with Crippen molar-refractivity contribution < 1.29 is 0 Å². The number of likely N-dealkylation sites (tertiary alicyclic amines) is 1. The molecule has 0 aromatic carbocycles. The number of nitrogens with zero attached hydrogens (tertiary/aromatic N) is 4. The molecule has 3 heterocycles. The van der Waals surface area contributed by atoms with Gasteiger partial charge >= 0.3 is 0 Å². The van der Waals surface area contributed by atoms with Crippen molar-refractivity contribution in [2.24, 2.45) is 0 Å². The maximum atomic E-state index is 4.62. The van der Waals surface area contributed by atoms with Crippen LogP contribution in [0.4, 0.5) is 0 Å². The largest absolute Gasteiger partial charge is 0.297 e. The summed E-state index contributed by atoms with van der Waals surface area (Å²) in [5, 5.41) is 0. The Kier molecular flexibility index (Phi) is 3.97. The quantitative estimate of drug-likeness (QED) is 0.868. The van der Waals surface area contributed by atoms with Crippen LogP contribution in [0.2, 0.25) is 0 Å². The summed E-state index contributed by atoms with van der Waals surface area (Å²) in [4.78, 5) is 16.3. The van der Waals surface area contributed by atoms with Crippen LogP contribution in [0, 0.1) is 20.8 Å². The van der Waals surface area contributed by atoms with Gasteiger partial charge in [-0.1, -0.05) is 6.07 Å². The topological polar surface area (TPSA) is 41.9 Å². The first-order valence-corrected chi connectivity index (χ1v) is 7.57. The predicted octanol–water partition coefficient (Wildman–Crippen LogP) is 2.79. The Balaban J connectivity index is 1.68. The van der Waals surface area contributed by atoms with Crippen LogP contribution in [0.15, 0.2) is 24.3 Å². The van der Waals surface area contributed by atoms with Gasteiger partial charge in [-0.2, -0.15) is 0 Å². The van der Waals surface area contributed by atoms with Gasteiger partial charge < -0.3 is 0 Å². The van der Waals surface area contributed by atoms with Crippen LogP contribution in [0.3, 0.4) is 0 Å². The molecule has 0 N–H and O–H groups in total. The maximum absolute atomic E-state index is 4.62. The van der Waals surface area contributed by atoms with Crippen molar-refractivity contribution in [3.63, 3.8) is 0 Å². The first kappa shape index (κ1) is 14.1. The lowest BCUT2D eigenvalue weighted by Gasteiger charge is -2.15. The highest BCUT2D eigenvalue weighted by molar-refractivity contribution is 5.13. The molecule has 0 saturated carbocycles. The SMILES string of the molecule is Cc1cccc(CN2CC[C@@H](c3nc(C)cc(C)n3)C2)n1. The summed E-state index contributed by atoms with van der Waals surface area (Å²) in [7, 11) is 0. The Morgan fingerprint density at radius 2 is 1.81 bits per heavy atom. The summed E-state index contributed by atoms with van der Waals surface area (Å²) in [5.74, 6) is 1.46. The highest BCUT2D eigenvalue weighted by Crippen LogP contribution is 2.26. The van der Waals surface area contributed by atoms with Gasteiger partial charge in [0.15, 0.2) is 0 Å². The molecule has 2 aromatic rings. The van der Waals surface area contributed by atoms with Crippen LogP contribution in [0.25, 0.3) is 0 Å². The Morgan fingerprint density at radius 1 is 1.05 bits per heavy atom. The number of aromatic nitrogens is 3. The summed E-state index contributed by atoms with van der Waals surface area (Å²) in [6.07, 6.45) is 1.13. The molecule has 1 fully saturated rings. The monoisotopic (exact) mass is 282 g/mol. The summed E-state index contributed by atoms with van der Waals surface area (Å²) in [6, 6.07) is 8.26. The van der Waals surface area contributed by atoms with Gasteiger partial charge in [0.25, 0.3) is 0 Å². The minimum atomic E-state index is 0.452. The van der Waals surface area contributed by atoms with Gasteiger partial charge in [-0.05, 0) is 51.9 Å². The van der Waals surface area contributed by atoms with Crippen LogP contribution >= 0.6 is 0 Å². The third-order valence-electron chi connectivity index (χ3n) is 3.97. The molecular formula is C17H22N4. The molecule has 1 aliphatic rings. The van der Waals surface area contributed by atoms with Crippen LogP contribution in [0.1, 0.15) is 40.9 Å². The molecule has 4 nitrogen and oxygen atoms in total. The zero-order valence-electron chi connectivity index (χ0n) is 13.0. The highest BCUT2D eigenvalue weighted by Gasteiger charge is 2.26. The van der Waals surface area contributed by atoms with Crippen molar-refractivity contribution in [1.82, 2.24) is 19.9 Å². The van der Waals surface area contributed by atoms with E-state index in [1.54, 1.807) is 0 Å². The number of pyridine rings is 1. The smallest absolute Gasteiger partial charge is 0.133 e. The molecule has 0 bridgehead atoms. The predicted molar refractivity (Wildman–Crippen MR) is 83.1 cm³/mol. The average molecular weight is 282 g/mol. The molecule has 0 spiro atoms.